The van der Waals surface area contributed by atoms with E-state index in [4.69, 9.17) is 9.84 Å². The Labute approximate surface area is 153 Å². The first kappa shape index (κ1) is 20.4. The number of carboxylic acids is 1. The van der Waals surface area contributed by atoms with Crippen molar-refractivity contribution in [3.05, 3.63) is 29.3 Å². The highest BCUT2D eigenvalue weighted by Crippen LogP contribution is 2.41. The van der Waals surface area contributed by atoms with Gasteiger partial charge in [-0.3, -0.25) is 4.79 Å². The average Bonchev–Trinajstić information content (AvgIpc) is 3.08. The minimum atomic E-state index is -3.93. The Hall–Kier alpha value is -1.93. The molecule has 8 heteroatoms. The van der Waals surface area contributed by atoms with E-state index in [0.717, 1.165) is 5.56 Å². The standard InChI is InChI=1S/C18H25NO6S/c1-12-6-7-13(2)15(10-12)26(23,24)18(8-4-5-9-18)17(22)19-11-14(25-3)16(20)21/h6-7,10,14H,4-5,8-9,11H2,1-3H3,(H,19,22)(H,20,21). The van der Waals surface area contributed by atoms with Crippen molar-refractivity contribution < 1.29 is 27.9 Å². The number of ether oxygens (including phenoxy) is 1. The number of carboxylic acid groups (broad SMARTS) is 1. The van der Waals surface area contributed by atoms with Crippen LogP contribution < -0.4 is 5.32 Å². The van der Waals surface area contributed by atoms with Crippen molar-refractivity contribution in [2.45, 2.75) is 55.3 Å². The third kappa shape index (κ3) is 3.61. The minimum Gasteiger partial charge on any atom is -0.479 e. The third-order valence-corrected chi connectivity index (χ3v) is 7.62. The molecule has 26 heavy (non-hydrogen) atoms. The Kier molecular flexibility index (Phi) is 6.08. The van der Waals surface area contributed by atoms with Gasteiger partial charge in [-0.1, -0.05) is 25.0 Å². The summed E-state index contributed by atoms with van der Waals surface area (Å²) in [4.78, 5) is 24.1. The highest BCUT2D eigenvalue weighted by Gasteiger charge is 2.53. The van der Waals surface area contributed by atoms with E-state index in [1.165, 1.54) is 7.11 Å². The first-order valence-electron chi connectivity index (χ1n) is 8.51. The number of methoxy groups -OCH3 is 1. The fourth-order valence-corrected chi connectivity index (χ4v) is 5.79. The fraction of sp³-hybridized carbons (Fsp3) is 0.556. The molecule has 1 aromatic carbocycles. The van der Waals surface area contributed by atoms with E-state index in [0.29, 0.717) is 18.4 Å². The summed E-state index contributed by atoms with van der Waals surface area (Å²) in [5, 5.41) is 11.5. The quantitative estimate of drug-likeness (QED) is 0.740. The molecule has 0 aromatic heterocycles. The molecule has 0 heterocycles. The molecule has 1 atom stereocenters. The molecule has 0 spiro atoms. The van der Waals surface area contributed by atoms with Gasteiger partial charge in [0.2, 0.25) is 5.91 Å². The highest BCUT2D eigenvalue weighted by molar-refractivity contribution is 7.93. The predicted molar refractivity (Wildman–Crippen MR) is 95.7 cm³/mol. The van der Waals surface area contributed by atoms with Crippen molar-refractivity contribution in [1.82, 2.24) is 5.32 Å². The number of aliphatic carboxylic acids is 1. The van der Waals surface area contributed by atoms with Crippen molar-refractivity contribution in [3.8, 4) is 0 Å². The number of nitrogens with one attached hydrogen (secondary N) is 1. The summed E-state index contributed by atoms with van der Waals surface area (Å²) in [6.07, 6.45) is 0.480. The number of rotatable bonds is 7. The Morgan fingerprint density at radius 2 is 1.88 bits per heavy atom. The van der Waals surface area contributed by atoms with Crippen LogP contribution in [0.15, 0.2) is 23.1 Å². The van der Waals surface area contributed by atoms with Crippen molar-refractivity contribution in [3.63, 3.8) is 0 Å². The number of benzene rings is 1. The summed E-state index contributed by atoms with van der Waals surface area (Å²) < 4.78 is 30.1. The van der Waals surface area contributed by atoms with Gasteiger partial charge >= 0.3 is 5.97 Å². The normalized spacial score (nSPS) is 17.7. The lowest BCUT2D eigenvalue weighted by atomic mass is 10.1. The number of carbonyl (C=O) groups excluding carboxylic acids is 1. The zero-order valence-electron chi connectivity index (χ0n) is 15.2. The van der Waals surface area contributed by atoms with Gasteiger partial charge in [-0.2, -0.15) is 0 Å². The van der Waals surface area contributed by atoms with Crippen LogP contribution in [0.1, 0.15) is 36.8 Å². The molecular formula is C18H25NO6S. The zero-order chi connectivity index (χ0) is 19.5. The second-order valence-corrected chi connectivity index (χ2v) is 8.97. The maximum absolute atomic E-state index is 13.4. The number of carbonyl (C=O) groups is 2. The second-order valence-electron chi connectivity index (χ2n) is 6.75. The van der Waals surface area contributed by atoms with Gasteiger partial charge in [0, 0.05) is 7.11 Å². The summed E-state index contributed by atoms with van der Waals surface area (Å²) in [7, 11) is -2.70. The molecule has 1 aliphatic carbocycles. The smallest absolute Gasteiger partial charge is 0.334 e. The van der Waals surface area contributed by atoms with Gasteiger partial charge in [0.1, 0.15) is 0 Å². The van der Waals surface area contributed by atoms with Crippen LogP contribution in [0.4, 0.5) is 0 Å². The van der Waals surface area contributed by atoms with Crippen molar-refractivity contribution >= 4 is 21.7 Å². The molecule has 1 unspecified atom stereocenters. The molecule has 2 N–H and O–H groups in total. The molecule has 2 rings (SSSR count). The molecule has 0 radical (unpaired) electrons. The van der Waals surface area contributed by atoms with Crippen LogP contribution in [0.2, 0.25) is 0 Å². The van der Waals surface area contributed by atoms with E-state index in [1.54, 1.807) is 26.0 Å². The third-order valence-electron chi connectivity index (χ3n) is 4.98. The predicted octanol–water partition coefficient (Wildman–Crippen LogP) is 1.61. The van der Waals surface area contributed by atoms with Gasteiger partial charge in [-0.05, 0) is 43.9 Å². The Morgan fingerprint density at radius 1 is 1.27 bits per heavy atom. The number of hydrogen-bond acceptors (Lipinski definition) is 5. The molecule has 1 saturated carbocycles. The summed E-state index contributed by atoms with van der Waals surface area (Å²) in [5.74, 6) is -1.87. The van der Waals surface area contributed by atoms with Crippen LogP contribution in [0.3, 0.4) is 0 Å². The van der Waals surface area contributed by atoms with Gasteiger partial charge in [0.15, 0.2) is 20.7 Å². The van der Waals surface area contributed by atoms with Gasteiger partial charge in [0.25, 0.3) is 0 Å². The molecule has 1 aliphatic rings. The van der Waals surface area contributed by atoms with Crippen molar-refractivity contribution in [1.29, 1.82) is 0 Å². The largest absolute Gasteiger partial charge is 0.479 e. The van der Waals surface area contributed by atoms with Gasteiger partial charge < -0.3 is 15.2 Å². The van der Waals surface area contributed by atoms with E-state index >= 15 is 0 Å². The summed E-state index contributed by atoms with van der Waals surface area (Å²) in [6, 6.07) is 5.15. The molecule has 1 fully saturated rings. The van der Waals surface area contributed by atoms with Gasteiger partial charge in [-0.25, -0.2) is 13.2 Å². The number of amides is 1. The average molecular weight is 383 g/mol. The van der Waals surface area contributed by atoms with E-state index in [9.17, 15) is 18.0 Å². The topological polar surface area (TPSA) is 110 Å². The first-order chi connectivity index (χ1) is 12.2. The lowest BCUT2D eigenvalue weighted by molar-refractivity contribution is -0.148. The summed E-state index contributed by atoms with van der Waals surface area (Å²) in [5.41, 5.74) is 1.39. The molecule has 1 aromatic rings. The monoisotopic (exact) mass is 383 g/mol. The van der Waals surface area contributed by atoms with Crippen LogP contribution in [0.5, 0.6) is 0 Å². The maximum Gasteiger partial charge on any atom is 0.334 e. The van der Waals surface area contributed by atoms with E-state index < -0.39 is 32.6 Å². The van der Waals surface area contributed by atoms with Crippen LogP contribution in [-0.2, 0) is 24.2 Å². The lowest BCUT2D eigenvalue weighted by Gasteiger charge is -2.29. The Balaban J connectivity index is 2.38. The molecule has 7 nitrogen and oxygen atoms in total. The minimum absolute atomic E-state index is 0.163. The molecule has 0 saturated heterocycles. The Morgan fingerprint density at radius 3 is 2.42 bits per heavy atom. The molecular weight excluding hydrogens is 358 g/mol. The molecule has 144 valence electrons. The lowest BCUT2D eigenvalue weighted by Crippen LogP contribution is -2.53. The van der Waals surface area contributed by atoms with Gasteiger partial charge in [-0.15, -0.1) is 0 Å². The van der Waals surface area contributed by atoms with Crippen LogP contribution in [0, 0.1) is 13.8 Å². The van der Waals surface area contributed by atoms with E-state index in [2.05, 4.69) is 5.32 Å². The zero-order valence-corrected chi connectivity index (χ0v) is 16.1. The maximum atomic E-state index is 13.4. The SMILES string of the molecule is COC(CNC(=O)C1(S(=O)(=O)c2cc(C)ccc2C)CCCC1)C(=O)O. The Bertz CT molecular complexity index is 796. The second kappa shape index (κ2) is 7.75. The number of sulfone groups is 1. The van der Waals surface area contributed by atoms with Crippen molar-refractivity contribution in [2.24, 2.45) is 0 Å². The van der Waals surface area contributed by atoms with Crippen LogP contribution in [0.25, 0.3) is 0 Å². The molecule has 0 bridgehead atoms. The van der Waals surface area contributed by atoms with Crippen molar-refractivity contribution in [2.75, 3.05) is 13.7 Å². The summed E-state index contributed by atoms with van der Waals surface area (Å²) >= 11 is 0. The number of hydrogen-bond donors (Lipinski definition) is 2. The van der Waals surface area contributed by atoms with Crippen LogP contribution >= 0.6 is 0 Å². The number of aryl methyl sites for hydroxylation is 2. The summed E-state index contributed by atoms with van der Waals surface area (Å²) in [6.45, 7) is 3.23. The van der Waals surface area contributed by atoms with E-state index in [1.807, 2.05) is 6.07 Å². The van der Waals surface area contributed by atoms with Crippen LogP contribution in [-0.4, -0.2) is 49.9 Å². The van der Waals surface area contributed by atoms with Gasteiger partial charge in [0.05, 0.1) is 11.4 Å². The highest BCUT2D eigenvalue weighted by atomic mass is 32.2. The molecule has 1 amide bonds. The first-order valence-corrected chi connectivity index (χ1v) is 10.00. The molecule has 0 aliphatic heterocycles. The van der Waals surface area contributed by atoms with E-state index in [-0.39, 0.29) is 24.3 Å². The fourth-order valence-electron chi connectivity index (χ4n) is 3.39.